The molecule has 2 aromatic rings. The van der Waals surface area contributed by atoms with E-state index in [4.69, 9.17) is 16.7 Å². The minimum Gasteiger partial charge on any atom is -0.396 e. The lowest BCUT2D eigenvalue weighted by Crippen LogP contribution is -2.46. The van der Waals surface area contributed by atoms with Gasteiger partial charge in [0.05, 0.1) is 0 Å². The normalized spacial score (nSPS) is 18.7. The van der Waals surface area contributed by atoms with E-state index in [0.717, 1.165) is 45.1 Å². The number of benzene rings is 2. The number of aliphatic hydroxyl groups is 1. The van der Waals surface area contributed by atoms with Crippen LogP contribution in [-0.2, 0) is 13.0 Å². The molecule has 1 amide bonds. The van der Waals surface area contributed by atoms with Crippen LogP contribution in [0.2, 0.25) is 5.02 Å². The van der Waals surface area contributed by atoms with Crippen molar-refractivity contribution < 1.29 is 9.90 Å². The Labute approximate surface area is 198 Å². The Balaban J connectivity index is 1.71. The first-order chi connectivity index (χ1) is 15.4. The van der Waals surface area contributed by atoms with E-state index in [1.807, 2.05) is 19.2 Å². The van der Waals surface area contributed by atoms with E-state index >= 15 is 0 Å². The maximum atomic E-state index is 13.3. The topological polar surface area (TPSA) is 52.6 Å². The summed E-state index contributed by atoms with van der Waals surface area (Å²) in [5, 5.41) is 13.1. The third kappa shape index (κ3) is 6.12. The summed E-state index contributed by atoms with van der Waals surface area (Å²) >= 11 is 6.01. The summed E-state index contributed by atoms with van der Waals surface area (Å²) in [5.74, 6) is 0.630. The predicted molar refractivity (Wildman–Crippen MR) is 132 cm³/mol. The summed E-state index contributed by atoms with van der Waals surface area (Å²) in [7, 11) is 1.99. The van der Waals surface area contributed by atoms with Gasteiger partial charge >= 0.3 is 0 Å². The quantitative estimate of drug-likeness (QED) is 0.519. The van der Waals surface area contributed by atoms with Crippen molar-refractivity contribution >= 4 is 17.5 Å². The zero-order valence-corrected chi connectivity index (χ0v) is 20.4. The SMILES string of the molecule is CNCc1cc(CCCO)ccc1C1CCC(N(C(=O)c2ccc(Cl)cc2)C(C)C)CC1. The predicted octanol–water partition coefficient (Wildman–Crippen LogP) is 5.56. The van der Waals surface area contributed by atoms with Crippen molar-refractivity contribution in [3.63, 3.8) is 0 Å². The standard InChI is InChI=1S/C27H37ClN2O2/c1-19(2)30(27(32)22-7-11-24(28)12-8-22)25-13-9-21(10-14-25)26-15-6-20(5-4-16-31)17-23(26)18-29-3/h6-8,11-12,15,17,19,21,25,29,31H,4-5,9-10,13-14,16,18H2,1-3H3. The molecule has 2 N–H and O–H groups in total. The Bertz CT molecular complexity index is 874. The molecule has 5 heteroatoms. The number of halogens is 1. The van der Waals surface area contributed by atoms with Crippen LogP contribution in [0, 0.1) is 0 Å². The van der Waals surface area contributed by atoms with E-state index in [2.05, 4.69) is 42.3 Å². The van der Waals surface area contributed by atoms with Crippen LogP contribution in [0.3, 0.4) is 0 Å². The Hall–Kier alpha value is -1.88. The van der Waals surface area contributed by atoms with E-state index < -0.39 is 0 Å². The highest BCUT2D eigenvalue weighted by Gasteiger charge is 2.32. The van der Waals surface area contributed by atoms with Crippen LogP contribution in [0.25, 0.3) is 0 Å². The van der Waals surface area contributed by atoms with Gasteiger partial charge in [-0.15, -0.1) is 0 Å². The molecule has 32 heavy (non-hydrogen) atoms. The molecule has 0 aliphatic heterocycles. The van der Waals surface area contributed by atoms with Crippen LogP contribution >= 0.6 is 11.6 Å². The monoisotopic (exact) mass is 456 g/mol. The number of rotatable bonds is 9. The maximum Gasteiger partial charge on any atom is 0.254 e. The second-order valence-electron chi connectivity index (χ2n) is 9.21. The van der Waals surface area contributed by atoms with Gasteiger partial charge in [-0.2, -0.15) is 0 Å². The van der Waals surface area contributed by atoms with Gasteiger partial charge in [-0.25, -0.2) is 0 Å². The zero-order chi connectivity index (χ0) is 23.1. The molecule has 0 atom stereocenters. The average molecular weight is 457 g/mol. The summed E-state index contributed by atoms with van der Waals surface area (Å²) < 4.78 is 0. The van der Waals surface area contributed by atoms with Crippen molar-refractivity contribution in [2.45, 2.75) is 76.9 Å². The van der Waals surface area contributed by atoms with Crippen LogP contribution in [0.5, 0.6) is 0 Å². The molecule has 1 aliphatic rings. The lowest BCUT2D eigenvalue weighted by molar-refractivity contribution is 0.0545. The maximum absolute atomic E-state index is 13.3. The first kappa shape index (κ1) is 24.8. The van der Waals surface area contributed by atoms with Crippen molar-refractivity contribution in [2.75, 3.05) is 13.7 Å². The molecule has 1 aliphatic carbocycles. The fourth-order valence-electron chi connectivity index (χ4n) is 5.07. The van der Waals surface area contributed by atoms with Gasteiger partial charge in [0.2, 0.25) is 0 Å². The van der Waals surface area contributed by atoms with Crippen molar-refractivity contribution in [2.24, 2.45) is 0 Å². The number of aliphatic hydroxyl groups excluding tert-OH is 1. The number of amides is 1. The van der Waals surface area contributed by atoms with E-state index in [9.17, 15) is 4.79 Å². The van der Waals surface area contributed by atoms with Gasteiger partial charge in [-0.3, -0.25) is 4.79 Å². The lowest BCUT2D eigenvalue weighted by atomic mass is 9.78. The molecule has 3 rings (SSSR count). The number of carbonyl (C=O) groups is 1. The number of hydrogen-bond donors (Lipinski definition) is 2. The Morgan fingerprint density at radius 2 is 1.81 bits per heavy atom. The van der Waals surface area contributed by atoms with Gasteiger partial charge in [0, 0.05) is 35.8 Å². The molecule has 2 aromatic carbocycles. The smallest absolute Gasteiger partial charge is 0.254 e. The number of hydrogen-bond acceptors (Lipinski definition) is 3. The molecular formula is C27H37ClN2O2. The molecule has 0 saturated heterocycles. The van der Waals surface area contributed by atoms with Crippen molar-refractivity contribution in [3.8, 4) is 0 Å². The van der Waals surface area contributed by atoms with E-state index in [-0.39, 0.29) is 24.6 Å². The van der Waals surface area contributed by atoms with Crippen LogP contribution in [0.4, 0.5) is 0 Å². The highest BCUT2D eigenvalue weighted by Crippen LogP contribution is 2.37. The summed E-state index contributed by atoms with van der Waals surface area (Å²) in [5.41, 5.74) is 4.80. The Kier molecular flexibility index (Phi) is 9.15. The van der Waals surface area contributed by atoms with Crippen LogP contribution in [-0.4, -0.2) is 41.7 Å². The molecule has 174 valence electrons. The highest BCUT2D eigenvalue weighted by molar-refractivity contribution is 6.30. The van der Waals surface area contributed by atoms with Gasteiger partial charge in [-0.05, 0) is 106 Å². The highest BCUT2D eigenvalue weighted by atomic mass is 35.5. The Morgan fingerprint density at radius 3 is 2.41 bits per heavy atom. The first-order valence-corrected chi connectivity index (χ1v) is 12.3. The van der Waals surface area contributed by atoms with E-state index in [1.165, 1.54) is 16.7 Å². The molecule has 0 bridgehead atoms. The number of aryl methyl sites for hydroxylation is 1. The minimum absolute atomic E-state index is 0.101. The van der Waals surface area contributed by atoms with Gasteiger partial charge in [0.15, 0.2) is 0 Å². The largest absolute Gasteiger partial charge is 0.396 e. The van der Waals surface area contributed by atoms with Crippen molar-refractivity contribution in [1.82, 2.24) is 10.2 Å². The summed E-state index contributed by atoms with van der Waals surface area (Å²) in [6.45, 7) is 5.30. The lowest BCUT2D eigenvalue weighted by Gasteiger charge is -2.40. The van der Waals surface area contributed by atoms with Crippen molar-refractivity contribution in [3.05, 3.63) is 69.7 Å². The van der Waals surface area contributed by atoms with E-state index in [1.54, 1.807) is 12.1 Å². The average Bonchev–Trinajstić information content (AvgIpc) is 2.79. The molecule has 1 fully saturated rings. The number of nitrogens with zero attached hydrogens (tertiary/aromatic N) is 1. The molecule has 1 saturated carbocycles. The third-order valence-electron chi connectivity index (χ3n) is 6.61. The molecule has 4 nitrogen and oxygen atoms in total. The van der Waals surface area contributed by atoms with Gasteiger partial charge in [0.1, 0.15) is 0 Å². The molecule has 0 radical (unpaired) electrons. The third-order valence-corrected chi connectivity index (χ3v) is 6.86. The van der Waals surface area contributed by atoms with Gasteiger partial charge < -0.3 is 15.3 Å². The second-order valence-corrected chi connectivity index (χ2v) is 9.65. The fraction of sp³-hybridized carbons (Fsp3) is 0.519. The number of carbonyl (C=O) groups excluding carboxylic acids is 1. The van der Waals surface area contributed by atoms with Crippen molar-refractivity contribution in [1.29, 1.82) is 0 Å². The summed E-state index contributed by atoms with van der Waals surface area (Å²) in [6.07, 6.45) is 5.94. The molecule has 0 aromatic heterocycles. The van der Waals surface area contributed by atoms with Gasteiger partial charge in [0.25, 0.3) is 5.91 Å². The minimum atomic E-state index is 0.101. The van der Waals surface area contributed by atoms with E-state index in [0.29, 0.717) is 16.5 Å². The molecular weight excluding hydrogens is 420 g/mol. The first-order valence-electron chi connectivity index (χ1n) is 11.9. The molecule has 0 heterocycles. The molecule has 0 spiro atoms. The van der Waals surface area contributed by atoms with Gasteiger partial charge in [-0.1, -0.05) is 29.8 Å². The zero-order valence-electron chi connectivity index (χ0n) is 19.6. The second kappa shape index (κ2) is 11.8. The Morgan fingerprint density at radius 1 is 1.12 bits per heavy atom. The summed E-state index contributed by atoms with van der Waals surface area (Å²) in [4.78, 5) is 15.3. The molecule has 0 unspecified atom stereocenters. The number of nitrogens with one attached hydrogen (secondary N) is 1. The summed E-state index contributed by atoms with van der Waals surface area (Å²) in [6, 6.07) is 14.5. The van der Waals surface area contributed by atoms with Crippen LogP contribution < -0.4 is 5.32 Å². The van der Waals surface area contributed by atoms with Crippen LogP contribution in [0.15, 0.2) is 42.5 Å². The fourth-order valence-corrected chi connectivity index (χ4v) is 5.19. The van der Waals surface area contributed by atoms with Crippen LogP contribution in [0.1, 0.15) is 78.9 Å².